The number of rotatable bonds is 7. The lowest BCUT2D eigenvalue weighted by Gasteiger charge is -2.31. The fourth-order valence-electron chi connectivity index (χ4n) is 2.89. The number of urea groups is 1. The number of carbonyl (C=O) groups excluding carboxylic acids is 1. The van der Waals surface area contributed by atoms with E-state index in [2.05, 4.69) is 22.5 Å². The van der Waals surface area contributed by atoms with Gasteiger partial charge < -0.3 is 20.6 Å². The van der Waals surface area contributed by atoms with Crippen molar-refractivity contribution in [2.24, 2.45) is 5.92 Å². The van der Waals surface area contributed by atoms with E-state index in [9.17, 15) is 14.3 Å². The molecule has 5 nitrogen and oxygen atoms in total. The van der Waals surface area contributed by atoms with Crippen LogP contribution in [0.3, 0.4) is 0 Å². The van der Waals surface area contributed by atoms with E-state index in [4.69, 9.17) is 0 Å². The highest BCUT2D eigenvalue weighted by Crippen LogP contribution is 2.15. The van der Waals surface area contributed by atoms with Crippen molar-refractivity contribution in [2.75, 3.05) is 32.7 Å². The third kappa shape index (κ3) is 6.84. The summed E-state index contributed by atoms with van der Waals surface area (Å²) < 4.78 is 13.0. The van der Waals surface area contributed by atoms with Crippen LogP contribution in [0.25, 0.3) is 0 Å². The van der Waals surface area contributed by atoms with Gasteiger partial charge in [-0.3, -0.25) is 0 Å². The molecule has 1 unspecified atom stereocenters. The monoisotopic (exact) mass is 337 g/mol. The summed E-state index contributed by atoms with van der Waals surface area (Å²) in [5.41, 5.74) is 0.842. The molecule has 0 bridgehead atoms. The van der Waals surface area contributed by atoms with Crippen LogP contribution < -0.4 is 10.6 Å². The van der Waals surface area contributed by atoms with Gasteiger partial charge in [-0.1, -0.05) is 19.1 Å². The number of nitrogens with zero attached hydrogens (tertiary/aromatic N) is 1. The highest BCUT2D eigenvalue weighted by Gasteiger charge is 2.18. The number of hydrogen-bond acceptors (Lipinski definition) is 3. The minimum atomic E-state index is -0.563. The van der Waals surface area contributed by atoms with Crippen LogP contribution in [0.4, 0.5) is 9.18 Å². The predicted molar refractivity (Wildman–Crippen MR) is 92.4 cm³/mol. The number of aliphatic hydroxyl groups excluding tert-OH is 1. The fourth-order valence-corrected chi connectivity index (χ4v) is 2.89. The highest BCUT2D eigenvalue weighted by atomic mass is 19.1. The molecule has 0 radical (unpaired) electrons. The molecule has 0 saturated carbocycles. The average molecular weight is 337 g/mol. The lowest BCUT2D eigenvalue weighted by Crippen LogP contribution is -2.45. The smallest absolute Gasteiger partial charge is 0.314 e. The maximum Gasteiger partial charge on any atom is 0.314 e. The largest absolute Gasteiger partial charge is 0.390 e. The topological polar surface area (TPSA) is 64.6 Å². The van der Waals surface area contributed by atoms with Crippen molar-refractivity contribution in [1.29, 1.82) is 0 Å². The summed E-state index contributed by atoms with van der Waals surface area (Å²) in [6.07, 6.45) is 2.34. The Hall–Kier alpha value is -1.66. The Kier molecular flexibility index (Phi) is 7.46. The molecule has 1 fully saturated rings. The number of likely N-dealkylation sites (tertiary alicyclic amines) is 1. The molecule has 0 aromatic heterocycles. The molecular weight excluding hydrogens is 309 g/mol. The van der Waals surface area contributed by atoms with Crippen molar-refractivity contribution in [3.05, 3.63) is 35.6 Å². The summed E-state index contributed by atoms with van der Waals surface area (Å²) in [6, 6.07) is 6.03. The van der Waals surface area contributed by atoms with Crippen molar-refractivity contribution >= 4 is 6.03 Å². The predicted octanol–water partition coefficient (Wildman–Crippen LogP) is 1.76. The maximum absolute atomic E-state index is 13.0. The number of nitrogens with one attached hydrogen (secondary N) is 2. The standard InChI is InChI=1S/C18H28FN3O2/c1-14-6-9-22(10-7-14)13-17(23)12-21-18(24)20-8-5-15-3-2-4-16(19)11-15/h2-4,11,14,17,23H,5-10,12-13H2,1H3,(H2,20,21,24). The molecule has 0 aliphatic carbocycles. The molecule has 2 amide bonds. The first-order chi connectivity index (χ1) is 11.5. The van der Waals surface area contributed by atoms with E-state index in [1.54, 1.807) is 6.07 Å². The first-order valence-corrected chi connectivity index (χ1v) is 8.69. The van der Waals surface area contributed by atoms with Gasteiger partial charge in [-0.05, 0) is 56.0 Å². The van der Waals surface area contributed by atoms with E-state index in [1.807, 2.05) is 6.07 Å². The van der Waals surface area contributed by atoms with Gasteiger partial charge in [-0.15, -0.1) is 0 Å². The molecule has 1 aliphatic rings. The molecule has 2 rings (SSSR count). The van der Waals surface area contributed by atoms with Crippen LogP contribution in [0.2, 0.25) is 0 Å². The lowest BCUT2D eigenvalue weighted by atomic mass is 9.99. The van der Waals surface area contributed by atoms with Gasteiger partial charge in [-0.2, -0.15) is 0 Å². The van der Waals surface area contributed by atoms with Gasteiger partial charge in [0, 0.05) is 19.6 Å². The van der Waals surface area contributed by atoms with Crippen LogP contribution in [-0.2, 0) is 6.42 Å². The van der Waals surface area contributed by atoms with Crippen molar-refractivity contribution < 1.29 is 14.3 Å². The molecule has 1 atom stereocenters. The van der Waals surface area contributed by atoms with E-state index >= 15 is 0 Å². The van der Waals surface area contributed by atoms with Gasteiger partial charge in [0.2, 0.25) is 0 Å². The number of benzene rings is 1. The number of hydrogen-bond donors (Lipinski definition) is 3. The zero-order chi connectivity index (χ0) is 17.4. The molecule has 134 valence electrons. The molecule has 1 heterocycles. The maximum atomic E-state index is 13.0. The van der Waals surface area contributed by atoms with Gasteiger partial charge in [0.05, 0.1) is 6.10 Å². The van der Waals surface area contributed by atoms with Crippen molar-refractivity contribution in [3.8, 4) is 0 Å². The van der Waals surface area contributed by atoms with E-state index in [0.29, 0.717) is 19.5 Å². The van der Waals surface area contributed by atoms with Gasteiger partial charge >= 0.3 is 6.03 Å². The molecule has 24 heavy (non-hydrogen) atoms. The second kappa shape index (κ2) is 9.59. The number of aliphatic hydroxyl groups is 1. The number of β-amino-alcohol motifs (C(OH)–C–C–N with tert-alkyl or cyclic N) is 1. The lowest BCUT2D eigenvalue weighted by molar-refractivity contribution is 0.0920. The Bertz CT molecular complexity index is 519. The van der Waals surface area contributed by atoms with Crippen molar-refractivity contribution in [2.45, 2.75) is 32.3 Å². The van der Waals surface area contributed by atoms with Crippen LogP contribution in [0.5, 0.6) is 0 Å². The van der Waals surface area contributed by atoms with Crippen LogP contribution in [0, 0.1) is 11.7 Å². The molecule has 1 saturated heterocycles. The number of piperidine rings is 1. The second-order valence-electron chi connectivity index (χ2n) is 6.65. The average Bonchev–Trinajstić information content (AvgIpc) is 2.55. The quantitative estimate of drug-likeness (QED) is 0.710. The van der Waals surface area contributed by atoms with E-state index in [0.717, 1.165) is 24.6 Å². The number of carbonyl (C=O) groups is 1. The fraction of sp³-hybridized carbons (Fsp3) is 0.611. The summed E-state index contributed by atoms with van der Waals surface area (Å²) in [4.78, 5) is 14.0. The SMILES string of the molecule is CC1CCN(CC(O)CNC(=O)NCCc2cccc(F)c2)CC1. The molecule has 1 aliphatic heterocycles. The van der Waals surface area contributed by atoms with Crippen LogP contribution in [0.1, 0.15) is 25.3 Å². The Morgan fingerprint density at radius 2 is 2.12 bits per heavy atom. The normalized spacial score (nSPS) is 17.5. The number of halogens is 1. The molecule has 6 heteroatoms. The molecule has 0 spiro atoms. The van der Waals surface area contributed by atoms with Crippen molar-refractivity contribution in [3.63, 3.8) is 0 Å². The summed E-state index contributed by atoms with van der Waals surface area (Å²) in [6.45, 7) is 5.53. The highest BCUT2D eigenvalue weighted by molar-refractivity contribution is 5.73. The second-order valence-corrected chi connectivity index (χ2v) is 6.65. The van der Waals surface area contributed by atoms with Gasteiger partial charge in [-0.25, -0.2) is 9.18 Å². The summed E-state index contributed by atoms with van der Waals surface area (Å²) in [7, 11) is 0. The van der Waals surface area contributed by atoms with E-state index in [-0.39, 0.29) is 18.4 Å². The first-order valence-electron chi connectivity index (χ1n) is 8.69. The molecule has 1 aromatic rings. The van der Waals surface area contributed by atoms with Crippen LogP contribution in [0.15, 0.2) is 24.3 Å². The summed E-state index contributed by atoms with van der Waals surface area (Å²) in [5.74, 6) is 0.493. The zero-order valence-corrected chi connectivity index (χ0v) is 14.3. The van der Waals surface area contributed by atoms with Crippen LogP contribution in [-0.4, -0.2) is 54.9 Å². The van der Waals surface area contributed by atoms with Gasteiger partial charge in [0.1, 0.15) is 5.82 Å². The zero-order valence-electron chi connectivity index (χ0n) is 14.3. The molecule has 3 N–H and O–H groups in total. The molecule has 1 aromatic carbocycles. The Labute approximate surface area is 143 Å². The summed E-state index contributed by atoms with van der Waals surface area (Å²) in [5, 5.41) is 15.4. The van der Waals surface area contributed by atoms with Gasteiger partial charge in [0.15, 0.2) is 0 Å². The first kappa shape index (κ1) is 18.7. The van der Waals surface area contributed by atoms with Crippen LogP contribution >= 0.6 is 0 Å². The minimum absolute atomic E-state index is 0.234. The Morgan fingerprint density at radius 1 is 1.38 bits per heavy atom. The van der Waals surface area contributed by atoms with Gasteiger partial charge in [0.25, 0.3) is 0 Å². The molecular formula is C18H28FN3O2. The third-order valence-corrected chi connectivity index (χ3v) is 4.43. The van der Waals surface area contributed by atoms with E-state index in [1.165, 1.54) is 25.0 Å². The number of amides is 2. The third-order valence-electron chi connectivity index (χ3n) is 4.43. The summed E-state index contributed by atoms with van der Waals surface area (Å²) >= 11 is 0. The van der Waals surface area contributed by atoms with E-state index < -0.39 is 6.10 Å². The minimum Gasteiger partial charge on any atom is -0.390 e. The Balaban J connectivity index is 1.57. The Morgan fingerprint density at radius 3 is 2.83 bits per heavy atom. The van der Waals surface area contributed by atoms with Crippen molar-refractivity contribution in [1.82, 2.24) is 15.5 Å².